The van der Waals surface area contributed by atoms with Crippen LogP contribution in [0.25, 0.3) is 32.1 Å². The summed E-state index contributed by atoms with van der Waals surface area (Å²) in [7, 11) is 0. The molecule has 11 heteroatoms. The number of ether oxygens (including phenoxy) is 1. The maximum atomic E-state index is 16.7. The van der Waals surface area contributed by atoms with Crippen molar-refractivity contribution in [3.63, 3.8) is 0 Å². The smallest absolute Gasteiger partial charge is 0.319 e. The Labute approximate surface area is 257 Å². The second kappa shape index (κ2) is 9.70. The monoisotopic (exact) mass is 613 g/mol. The van der Waals surface area contributed by atoms with Crippen LogP contribution >= 0.6 is 11.3 Å². The molecular weight excluding hydrogens is 580 g/mol. The number of hydrogen-bond donors (Lipinski definition) is 2. The van der Waals surface area contributed by atoms with E-state index in [4.69, 9.17) is 15.5 Å². The molecule has 5 aliphatic rings. The van der Waals surface area contributed by atoms with E-state index < -0.39 is 11.6 Å². The molecule has 2 aromatic heterocycles. The van der Waals surface area contributed by atoms with E-state index in [1.807, 2.05) is 6.07 Å². The fraction of sp³-hybridized carbons (Fsp3) is 0.485. The van der Waals surface area contributed by atoms with Gasteiger partial charge in [0.15, 0.2) is 5.82 Å². The van der Waals surface area contributed by atoms with Gasteiger partial charge in [-0.1, -0.05) is 6.07 Å². The van der Waals surface area contributed by atoms with Crippen LogP contribution in [0.15, 0.2) is 24.3 Å². The second-order valence-corrected chi connectivity index (χ2v) is 14.8. The number of anilines is 2. The Hall–Kier alpha value is -3.59. The topological polar surface area (TPSA) is 103 Å². The average Bonchev–Trinajstić information content (AvgIpc) is 3.83. The molecule has 9 rings (SSSR count). The zero-order valence-corrected chi connectivity index (χ0v) is 25.1. The second-order valence-electron chi connectivity index (χ2n) is 13.7. The van der Waals surface area contributed by atoms with Crippen molar-refractivity contribution in [3.8, 4) is 23.2 Å². The van der Waals surface area contributed by atoms with E-state index in [1.54, 1.807) is 6.07 Å². The fourth-order valence-electron chi connectivity index (χ4n) is 7.99. The number of nitrogens with two attached hydrogens (primary N) is 1. The molecule has 8 nitrogen and oxygen atoms in total. The summed E-state index contributed by atoms with van der Waals surface area (Å²) in [5, 5.41) is 14.8. The van der Waals surface area contributed by atoms with Gasteiger partial charge in [0.25, 0.3) is 0 Å². The molecular formula is C33H33F2N7OS. The van der Waals surface area contributed by atoms with Gasteiger partial charge in [0.1, 0.15) is 28.2 Å². The number of nitrogens with one attached hydrogen (secondary N) is 1. The van der Waals surface area contributed by atoms with Gasteiger partial charge in [0.05, 0.1) is 12.2 Å². The Balaban J connectivity index is 1.12. The van der Waals surface area contributed by atoms with Crippen LogP contribution in [0.4, 0.5) is 19.6 Å². The van der Waals surface area contributed by atoms with Gasteiger partial charge < -0.3 is 25.6 Å². The summed E-state index contributed by atoms with van der Waals surface area (Å²) >= 11 is 1.13. The first kappa shape index (κ1) is 26.8. The number of aromatic nitrogens is 2. The van der Waals surface area contributed by atoms with Crippen LogP contribution in [-0.2, 0) is 0 Å². The average molecular weight is 614 g/mol. The summed E-state index contributed by atoms with van der Waals surface area (Å²) in [6.45, 7) is 5.47. The Bertz CT molecular complexity index is 1860. The van der Waals surface area contributed by atoms with Gasteiger partial charge in [-0.05, 0) is 67.7 Å². The number of nitrogens with zero attached hydrogens (tertiary/aromatic N) is 5. The van der Waals surface area contributed by atoms with Crippen LogP contribution in [0.1, 0.15) is 37.7 Å². The summed E-state index contributed by atoms with van der Waals surface area (Å²) < 4.78 is 38.4. The molecule has 4 unspecified atom stereocenters. The standard InChI is InChI=1S/C33H33F2N7OS/c34-19-8-24(27-25(10-36)30(37)44-26(27)9-19)22-3-4-23-29(28(22)35)39-32(40-31(23)42-13-20-1-2-21(14-42)38-20)43-16-33(5-6-33)15-41-11-17-7-18(17)12-41/h3-4,8-9,17-18,20-21,38H,1-2,5-7,11-16,37H2. The summed E-state index contributed by atoms with van der Waals surface area (Å²) in [4.78, 5) is 14.4. The molecule has 3 N–H and O–H groups in total. The molecule has 226 valence electrons. The zero-order chi connectivity index (χ0) is 29.7. The van der Waals surface area contributed by atoms with E-state index in [-0.39, 0.29) is 38.6 Å². The normalized spacial score (nSPS) is 26.7. The number of nitriles is 1. The number of piperazine rings is 1. The van der Waals surface area contributed by atoms with Crippen LogP contribution < -0.4 is 20.7 Å². The van der Waals surface area contributed by atoms with Gasteiger partial charge in [-0.2, -0.15) is 15.2 Å². The SMILES string of the molecule is N#Cc1c(N)sc2cc(F)cc(-c3ccc4c(N5CC6CCC(C5)N6)nc(OCC5(CN6CC7CC7C6)CC5)nc4c3F)c12. The summed E-state index contributed by atoms with van der Waals surface area (Å²) in [5.74, 6) is 1.33. The molecule has 0 amide bonds. The Kier molecular flexibility index (Phi) is 5.91. The summed E-state index contributed by atoms with van der Waals surface area (Å²) in [6, 6.07) is 9.09. The van der Waals surface area contributed by atoms with Gasteiger partial charge in [0, 0.05) is 71.3 Å². The maximum Gasteiger partial charge on any atom is 0.319 e. The van der Waals surface area contributed by atoms with E-state index in [2.05, 4.69) is 26.2 Å². The molecule has 4 atom stereocenters. The minimum atomic E-state index is -0.591. The van der Waals surface area contributed by atoms with Crippen molar-refractivity contribution in [1.82, 2.24) is 20.2 Å². The lowest BCUT2D eigenvalue weighted by molar-refractivity contribution is 0.163. The van der Waals surface area contributed by atoms with Gasteiger partial charge in [0.2, 0.25) is 0 Å². The molecule has 2 aromatic carbocycles. The summed E-state index contributed by atoms with van der Waals surface area (Å²) in [6.07, 6.45) is 5.81. The molecule has 5 heterocycles. The van der Waals surface area contributed by atoms with Crippen molar-refractivity contribution in [3.05, 3.63) is 41.5 Å². The minimum Gasteiger partial charge on any atom is -0.463 e. The Morgan fingerprint density at radius 2 is 1.84 bits per heavy atom. The van der Waals surface area contributed by atoms with E-state index in [1.165, 1.54) is 31.6 Å². The highest BCUT2D eigenvalue weighted by atomic mass is 32.1. The third-order valence-corrected chi connectivity index (χ3v) is 11.5. The van der Waals surface area contributed by atoms with Crippen molar-refractivity contribution in [2.45, 2.75) is 44.2 Å². The number of hydrogen-bond acceptors (Lipinski definition) is 9. The number of rotatable bonds is 7. The molecule has 4 aromatic rings. The van der Waals surface area contributed by atoms with Crippen LogP contribution in [0.5, 0.6) is 6.01 Å². The quantitative estimate of drug-likeness (QED) is 0.290. The van der Waals surface area contributed by atoms with Gasteiger partial charge in [-0.15, -0.1) is 11.3 Å². The van der Waals surface area contributed by atoms with Crippen LogP contribution in [0.3, 0.4) is 0 Å². The molecule has 44 heavy (non-hydrogen) atoms. The van der Waals surface area contributed by atoms with Crippen molar-refractivity contribution in [2.75, 3.05) is 50.0 Å². The zero-order valence-electron chi connectivity index (χ0n) is 24.3. The van der Waals surface area contributed by atoms with Crippen molar-refractivity contribution in [2.24, 2.45) is 17.3 Å². The number of piperidine rings is 1. The van der Waals surface area contributed by atoms with Gasteiger partial charge in [-0.25, -0.2) is 8.78 Å². The predicted molar refractivity (Wildman–Crippen MR) is 167 cm³/mol. The highest BCUT2D eigenvalue weighted by Crippen LogP contribution is 2.51. The van der Waals surface area contributed by atoms with Gasteiger partial charge >= 0.3 is 6.01 Å². The van der Waals surface area contributed by atoms with E-state index in [0.29, 0.717) is 40.0 Å². The lowest BCUT2D eigenvalue weighted by Crippen LogP contribution is -2.51. The first-order valence-electron chi connectivity index (χ1n) is 15.6. The highest BCUT2D eigenvalue weighted by Gasteiger charge is 2.50. The first-order valence-corrected chi connectivity index (χ1v) is 16.5. The number of likely N-dealkylation sites (tertiary alicyclic amines) is 1. The summed E-state index contributed by atoms with van der Waals surface area (Å²) in [5.41, 5.74) is 7.02. The van der Waals surface area contributed by atoms with Crippen molar-refractivity contribution < 1.29 is 13.5 Å². The lowest BCUT2D eigenvalue weighted by atomic mass is 9.97. The fourth-order valence-corrected chi connectivity index (χ4v) is 8.96. The van der Waals surface area contributed by atoms with Crippen LogP contribution in [-0.4, -0.2) is 66.3 Å². The number of benzene rings is 2. The largest absolute Gasteiger partial charge is 0.463 e. The van der Waals surface area contributed by atoms with Crippen molar-refractivity contribution >= 4 is 43.1 Å². The molecule has 5 fully saturated rings. The first-order chi connectivity index (χ1) is 21.4. The highest BCUT2D eigenvalue weighted by molar-refractivity contribution is 7.23. The molecule has 2 bridgehead atoms. The van der Waals surface area contributed by atoms with Gasteiger partial charge in [-0.3, -0.25) is 0 Å². The molecule has 2 aliphatic carbocycles. The molecule has 3 aliphatic heterocycles. The number of thiophene rings is 1. The predicted octanol–water partition coefficient (Wildman–Crippen LogP) is 5.29. The third kappa shape index (κ3) is 4.41. The van der Waals surface area contributed by atoms with E-state index in [9.17, 15) is 9.65 Å². The van der Waals surface area contributed by atoms with Crippen LogP contribution in [0, 0.1) is 40.2 Å². The third-order valence-electron chi connectivity index (χ3n) is 10.5. The molecule has 0 spiro atoms. The molecule has 2 saturated carbocycles. The Morgan fingerprint density at radius 1 is 1.07 bits per heavy atom. The maximum absolute atomic E-state index is 16.7. The Morgan fingerprint density at radius 3 is 2.57 bits per heavy atom. The number of fused-ring (bicyclic) bond motifs is 5. The molecule has 0 radical (unpaired) electrons. The molecule has 3 saturated heterocycles. The van der Waals surface area contributed by atoms with Crippen LogP contribution in [0.2, 0.25) is 0 Å². The number of nitrogen functional groups attached to an aromatic ring is 1. The lowest BCUT2D eigenvalue weighted by Gasteiger charge is -2.34. The number of halogens is 2. The van der Waals surface area contributed by atoms with E-state index in [0.717, 1.165) is 68.5 Å². The van der Waals surface area contributed by atoms with E-state index >= 15 is 4.39 Å². The minimum absolute atomic E-state index is 0.101. The van der Waals surface area contributed by atoms with Crippen molar-refractivity contribution in [1.29, 1.82) is 5.26 Å².